The van der Waals surface area contributed by atoms with E-state index in [9.17, 15) is 4.79 Å². The minimum atomic E-state index is -0.479. The van der Waals surface area contributed by atoms with Crippen molar-refractivity contribution >= 4 is 26.3 Å². The van der Waals surface area contributed by atoms with Crippen LogP contribution in [0.25, 0.3) is 0 Å². The van der Waals surface area contributed by atoms with E-state index in [1.165, 1.54) is 0 Å². The Morgan fingerprint density at radius 2 is 2.00 bits per heavy atom. The normalized spacial score (nSPS) is 12.9. The van der Waals surface area contributed by atoms with E-state index < -0.39 is 11.7 Å². The van der Waals surface area contributed by atoms with Crippen LogP contribution in [0.4, 0.5) is 4.79 Å². The molecule has 0 fully saturated rings. The number of methoxy groups -OCH3 is 1. The van der Waals surface area contributed by atoms with Crippen molar-refractivity contribution in [3.05, 3.63) is 0 Å². The van der Waals surface area contributed by atoms with Crippen LogP contribution in [0.3, 0.4) is 0 Å². The van der Waals surface area contributed by atoms with Crippen molar-refractivity contribution in [2.24, 2.45) is 0 Å². The van der Waals surface area contributed by atoms with Crippen LogP contribution in [-0.2, 0) is 9.47 Å². The summed E-state index contributed by atoms with van der Waals surface area (Å²) in [5.74, 6) is 0. The van der Waals surface area contributed by atoms with Crippen LogP contribution in [-0.4, -0.2) is 45.0 Å². The van der Waals surface area contributed by atoms with E-state index in [2.05, 4.69) is 20.9 Å². The molecule has 0 radical (unpaired) electrons. The van der Waals surface area contributed by atoms with Crippen LogP contribution < -0.4 is 5.32 Å². The average molecular weight is 280 g/mol. The number of rotatable bonds is 4. The molecule has 1 N–H and O–H groups in total. The van der Waals surface area contributed by atoms with Gasteiger partial charge in [0.2, 0.25) is 0 Å². The molecular weight excluding hydrogens is 261 g/mol. The summed E-state index contributed by atoms with van der Waals surface area (Å²) in [7, 11) is 1.56. The molecule has 0 rings (SSSR count). The third-order valence-electron chi connectivity index (χ3n) is 1.58. The zero-order chi connectivity index (χ0) is 12.1. The second kappa shape index (κ2) is 6.13. The van der Waals surface area contributed by atoms with Crippen molar-refractivity contribution in [2.45, 2.75) is 45.8 Å². The molecule has 0 aliphatic rings. The predicted octanol–water partition coefficient (Wildman–Crippen LogP) is 1.23. The minimum absolute atomic E-state index is 0.148. The molecule has 0 saturated carbocycles. The Morgan fingerprint density at radius 3 is 2.33 bits per heavy atom. The number of ether oxygens (including phenoxy) is 2. The summed E-state index contributed by atoms with van der Waals surface area (Å²) in [6, 6.07) is -0.148. The van der Waals surface area contributed by atoms with Crippen molar-refractivity contribution in [1.82, 2.24) is 5.32 Å². The molecule has 4 nitrogen and oxygen atoms in total. The Hall–Kier alpha value is -0.541. The van der Waals surface area contributed by atoms with Gasteiger partial charge in [-0.2, -0.15) is 0 Å². The van der Waals surface area contributed by atoms with Gasteiger partial charge in [0, 0.05) is 0 Å². The maximum absolute atomic E-state index is 11.4. The second-order valence-corrected chi connectivity index (χ2v) is 4.97. The van der Waals surface area contributed by atoms with Crippen molar-refractivity contribution < 1.29 is 14.3 Å². The van der Waals surface area contributed by atoms with Crippen LogP contribution in [0.2, 0.25) is 0 Å². The Balaban J connectivity index is 4.20. The topological polar surface area (TPSA) is 47.6 Å². The van der Waals surface area contributed by atoms with E-state index in [4.69, 9.17) is 9.47 Å². The Morgan fingerprint density at radius 1 is 1.47 bits per heavy atom. The zero-order valence-corrected chi connectivity index (χ0v) is 11.6. The fraction of sp³-hybridized carbons (Fsp3) is 0.800. The Labute approximate surface area is 99.1 Å². The Kier molecular flexibility index (Phi) is 5.91. The van der Waals surface area contributed by atoms with Gasteiger partial charge in [-0.05, 0) is 0 Å². The molecule has 0 aromatic carbocycles. The predicted molar refractivity (Wildman–Crippen MR) is 61.2 cm³/mol. The van der Waals surface area contributed by atoms with Crippen LogP contribution in [0, 0.1) is 0 Å². The first-order chi connectivity index (χ1) is 6.80. The summed E-state index contributed by atoms with van der Waals surface area (Å²) in [6.07, 6.45) is 0.314. The summed E-state index contributed by atoms with van der Waals surface area (Å²) in [6.45, 7) is 7.43. The van der Waals surface area contributed by atoms with Gasteiger partial charge in [0.1, 0.15) is 0 Å². The van der Waals surface area contributed by atoms with Gasteiger partial charge in [0.15, 0.2) is 0 Å². The van der Waals surface area contributed by atoms with Gasteiger partial charge in [-0.25, -0.2) is 0 Å². The molecule has 0 saturated heterocycles. The van der Waals surface area contributed by atoms with E-state index in [-0.39, 0.29) is 6.04 Å². The van der Waals surface area contributed by atoms with E-state index in [1.807, 2.05) is 27.7 Å². The standard InChI is InChI=1S/C10H19NO3Se/c1-6-7(8(15)13-5)11-9(12)14-10(2,3)4/h7H,6H2,1-5H3,(H,11,12). The van der Waals surface area contributed by atoms with Gasteiger partial charge in [-0.15, -0.1) is 0 Å². The number of carbonyl (C=O) groups excluding carboxylic acids is 1. The van der Waals surface area contributed by atoms with Crippen molar-refractivity contribution in [1.29, 1.82) is 0 Å². The first-order valence-corrected chi connectivity index (χ1v) is 5.73. The van der Waals surface area contributed by atoms with E-state index in [0.717, 1.165) is 6.42 Å². The molecule has 0 heterocycles. The molecule has 15 heavy (non-hydrogen) atoms. The number of nitrogens with one attached hydrogen (secondary N) is 1. The monoisotopic (exact) mass is 281 g/mol. The van der Waals surface area contributed by atoms with Gasteiger partial charge in [-0.3, -0.25) is 0 Å². The molecule has 0 aromatic heterocycles. The van der Waals surface area contributed by atoms with Crippen molar-refractivity contribution in [3.63, 3.8) is 0 Å². The van der Waals surface area contributed by atoms with Crippen molar-refractivity contribution in [2.75, 3.05) is 7.11 Å². The van der Waals surface area contributed by atoms with Crippen LogP contribution in [0.5, 0.6) is 0 Å². The van der Waals surface area contributed by atoms with Gasteiger partial charge in [0.25, 0.3) is 0 Å². The SMILES string of the molecule is CCC(NC(=O)OC(C)(C)C)C(=[Se])OC. The summed E-state index contributed by atoms with van der Waals surface area (Å²) in [4.78, 5) is 11.4. The van der Waals surface area contributed by atoms with E-state index in [1.54, 1.807) is 7.11 Å². The third kappa shape index (κ3) is 6.52. The summed E-state index contributed by atoms with van der Waals surface area (Å²) in [5, 5.41) is 2.72. The number of hydrogen-bond acceptors (Lipinski definition) is 3. The molecule has 0 aromatic rings. The van der Waals surface area contributed by atoms with Gasteiger partial charge >= 0.3 is 98.7 Å². The van der Waals surface area contributed by atoms with E-state index >= 15 is 0 Å². The summed E-state index contributed by atoms with van der Waals surface area (Å²) in [5.41, 5.74) is -0.479. The maximum atomic E-state index is 11.4. The second-order valence-electron chi connectivity index (χ2n) is 4.13. The quantitative estimate of drug-likeness (QED) is 0.788. The molecule has 0 aliphatic carbocycles. The molecular formula is C10H19NO3Se. The van der Waals surface area contributed by atoms with Crippen LogP contribution in [0.15, 0.2) is 0 Å². The first-order valence-electron chi connectivity index (χ1n) is 4.87. The fourth-order valence-corrected chi connectivity index (χ4v) is 1.39. The summed E-state index contributed by atoms with van der Waals surface area (Å²) >= 11 is 2.77. The number of hydrogen-bond donors (Lipinski definition) is 1. The number of carbonyl (C=O) groups is 1. The Bertz CT molecular complexity index is 235. The van der Waals surface area contributed by atoms with Crippen LogP contribution >= 0.6 is 0 Å². The van der Waals surface area contributed by atoms with Gasteiger partial charge in [-0.1, -0.05) is 0 Å². The van der Waals surface area contributed by atoms with Crippen LogP contribution in [0.1, 0.15) is 34.1 Å². The molecule has 5 heteroatoms. The molecule has 1 unspecified atom stereocenters. The molecule has 1 atom stereocenters. The molecule has 0 bridgehead atoms. The zero-order valence-electron chi connectivity index (χ0n) is 9.92. The van der Waals surface area contributed by atoms with E-state index in [0.29, 0.717) is 4.60 Å². The van der Waals surface area contributed by atoms with Gasteiger partial charge in [0.05, 0.1) is 0 Å². The first kappa shape index (κ1) is 14.5. The third-order valence-corrected chi connectivity index (χ3v) is 2.53. The fourth-order valence-electron chi connectivity index (χ4n) is 0.920. The molecule has 1 amide bonds. The number of alkyl carbamates (subject to hydrolysis) is 1. The number of amides is 1. The van der Waals surface area contributed by atoms with Crippen molar-refractivity contribution in [3.8, 4) is 0 Å². The molecule has 88 valence electrons. The average Bonchev–Trinajstić information content (AvgIpc) is 2.10. The van der Waals surface area contributed by atoms with Gasteiger partial charge < -0.3 is 0 Å². The molecule has 0 spiro atoms. The summed E-state index contributed by atoms with van der Waals surface area (Å²) < 4.78 is 10.8. The molecule has 0 aliphatic heterocycles.